The molecule has 1 fully saturated rings. The first kappa shape index (κ1) is 28.9. The van der Waals surface area contributed by atoms with Gasteiger partial charge in [-0.1, -0.05) is 65.8 Å². The van der Waals surface area contributed by atoms with Crippen LogP contribution in [0.2, 0.25) is 0 Å². The van der Waals surface area contributed by atoms with Gasteiger partial charge in [-0.2, -0.15) is 18.2 Å². The van der Waals surface area contributed by atoms with E-state index >= 15 is 0 Å². The number of halogens is 4. The molecule has 1 saturated heterocycles. The molecule has 2 heterocycles. The molecule has 0 radical (unpaired) electrons. The lowest BCUT2D eigenvalue weighted by atomic mass is 9.78. The third-order valence-electron chi connectivity index (χ3n) is 7.22. The molecule has 0 aliphatic carbocycles. The Bertz CT molecular complexity index is 1560. The smallest absolute Gasteiger partial charge is 0.422 e. The fourth-order valence-electron chi connectivity index (χ4n) is 4.86. The minimum Gasteiger partial charge on any atom is -0.480 e. The van der Waals surface area contributed by atoms with Crippen LogP contribution in [0, 0.1) is 11.2 Å². The molecule has 0 spiro atoms. The molecule has 3 aromatic carbocycles. The second kappa shape index (κ2) is 11.7. The van der Waals surface area contributed by atoms with Crippen molar-refractivity contribution >= 4 is 11.9 Å². The normalized spacial score (nSPS) is 15.3. The Labute approximate surface area is 237 Å². The zero-order valence-corrected chi connectivity index (χ0v) is 22.1. The van der Waals surface area contributed by atoms with Gasteiger partial charge in [-0.15, -0.1) is 0 Å². The molecular weight excluding hydrogens is 558 g/mol. The standard InChI is InChI=1S/C30H25F4N3O5/c31-24-16-22(10-11-23(24)20-4-2-1-3-5-20)26-35-25(36-42-26)21-8-6-19(7-9-21)17-37-14-12-29(13-15-37,27(38)39)28(40)41-18-30(32,33)34/h1-11,16H,12-15,17-18H2,(H,38,39). The molecule has 1 aliphatic rings. The van der Waals surface area contributed by atoms with Crippen molar-refractivity contribution in [3.63, 3.8) is 0 Å². The summed E-state index contributed by atoms with van der Waals surface area (Å²) in [6.45, 7) is -1.03. The number of carboxylic acid groups (broad SMARTS) is 1. The molecule has 4 aromatic rings. The van der Waals surface area contributed by atoms with Crippen molar-refractivity contribution in [2.75, 3.05) is 19.7 Å². The highest BCUT2D eigenvalue weighted by Crippen LogP contribution is 2.35. The fraction of sp³-hybridized carbons (Fsp3) is 0.267. The summed E-state index contributed by atoms with van der Waals surface area (Å²) in [5.74, 6) is -2.81. The van der Waals surface area contributed by atoms with E-state index in [1.807, 2.05) is 47.4 Å². The summed E-state index contributed by atoms with van der Waals surface area (Å²) in [6.07, 6.45) is -5.08. The van der Waals surface area contributed by atoms with Gasteiger partial charge in [0.05, 0.1) is 0 Å². The number of likely N-dealkylation sites (tertiary alicyclic amines) is 1. The number of nitrogens with zero attached hydrogens (tertiary/aromatic N) is 3. The zero-order valence-electron chi connectivity index (χ0n) is 22.1. The molecule has 0 atom stereocenters. The van der Waals surface area contributed by atoms with E-state index in [1.54, 1.807) is 24.3 Å². The maximum Gasteiger partial charge on any atom is 0.422 e. The maximum absolute atomic E-state index is 14.8. The Hall–Kier alpha value is -4.58. The second-order valence-electron chi connectivity index (χ2n) is 10.0. The van der Waals surface area contributed by atoms with Gasteiger partial charge >= 0.3 is 18.1 Å². The van der Waals surface area contributed by atoms with Crippen LogP contribution < -0.4 is 0 Å². The minimum absolute atomic E-state index is 0.163. The number of hydrogen-bond donors (Lipinski definition) is 1. The van der Waals surface area contributed by atoms with Gasteiger partial charge in [0, 0.05) is 36.3 Å². The van der Waals surface area contributed by atoms with Crippen LogP contribution >= 0.6 is 0 Å². The average Bonchev–Trinajstić information content (AvgIpc) is 3.47. The van der Waals surface area contributed by atoms with Crippen molar-refractivity contribution in [3.05, 3.63) is 84.2 Å². The van der Waals surface area contributed by atoms with Crippen molar-refractivity contribution < 1.29 is 41.5 Å². The second-order valence-corrected chi connectivity index (χ2v) is 10.0. The van der Waals surface area contributed by atoms with Crippen LogP contribution in [0.5, 0.6) is 0 Å². The molecule has 1 aromatic heterocycles. The van der Waals surface area contributed by atoms with Crippen LogP contribution in [0.25, 0.3) is 34.0 Å². The van der Waals surface area contributed by atoms with Gasteiger partial charge in [0.25, 0.3) is 5.89 Å². The lowest BCUT2D eigenvalue weighted by Crippen LogP contribution is -2.50. The third kappa shape index (κ3) is 6.33. The van der Waals surface area contributed by atoms with Crippen LogP contribution in [-0.2, 0) is 20.9 Å². The summed E-state index contributed by atoms with van der Waals surface area (Å²) >= 11 is 0. The molecule has 12 heteroatoms. The highest BCUT2D eigenvalue weighted by molar-refractivity contribution is 5.99. The molecule has 218 valence electrons. The fourth-order valence-corrected chi connectivity index (χ4v) is 4.86. The van der Waals surface area contributed by atoms with Gasteiger partial charge in [0.1, 0.15) is 5.82 Å². The zero-order chi connectivity index (χ0) is 29.9. The molecule has 42 heavy (non-hydrogen) atoms. The van der Waals surface area contributed by atoms with Gasteiger partial charge in [0.2, 0.25) is 5.82 Å². The Morgan fingerprint density at radius 1 is 0.952 bits per heavy atom. The third-order valence-corrected chi connectivity index (χ3v) is 7.22. The quantitative estimate of drug-likeness (QED) is 0.153. The van der Waals surface area contributed by atoms with E-state index in [-0.39, 0.29) is 31.8 Å². The highest BCUT2D eigenvalue weighted by atomic mass is 19.4. The van der Waals surface area contributed by atoms with E-state index in [1.165, 1.54) is 6.07 Å². The van der Waals surface area contributed by atoms with E-state index in [9.17, 15) is 32.3 Å². The van der Waals surface area contributed by atoms with E-state index in [0.717, 1.165) is 11.1 Å². The monoisotopic (exact) mass is 583 g/mol. The molecule has 8 nitrogen and oxygen atoms in total. The molecular formula is C30H25F4N3O5. The van der Waals surface area contributed by atoms with Gasteiger partial charge in [0.15, 0.2) is 12.0 Å². The lowest BCUT2D eigenvalue weighted by Gasteiger charge is -2.37. The van der Waals surface area contributed by atoms with Gasteiger partial charge in [-0.3, -0.25) is 14.5 Å². The first-order valence-corrected chi connectivity index (χ1v) is 13.0. The number of esters is 1. The van der Waals surface area contributed by atoms with Gasteiger partial charge in [-0.05, 0) is 36.1 Å². The number of carbonyl (C=O) groups excluding carboxylic acids is 1. The number of ether oxygens (including phenoxy) is 1. The van der Waals surface area contributed by atoms with Crippen LogP contribution in [0.1, 0.15) is 18.4 Å². The number of rotatable bonds is 8. The highest BCUT2D eigenvalue weighted by Gasteiger charge is 2.50. The Morgan fingerprint density at radius 3 is 2.24 bits per heavy atom. The minimum atomic E-state index is -4.74. The predicted octanol–water partition coefficient (Wildman–Crippen LogP) is 5.98. The Kier molecular flexibility index (Phi) is 8.08. The molecule has 1 N–H and O–H groups in total. The van der Waals surface area contributed by atoms with Crippen molar-refractivity contribution in [1.82, 2.24) is 15.0 Å². The molecule has 0 bridgehead atoms. The lowest BCUT2D eigenvalue weighted by molar-refractivity contribution is -0.199. The van der Waals surface area contributed by atoms with E-state index < -0.39 is 36.0 Å². The van der Waals surface area contributed by atoms with E-state index in [4.69, 9.17) is 4.52 Å². The van der Waals surface area contributed by atoms with Crippen LogP contribution in [-0.4, -0.2) is 58.0 Å². The summed E-state index contributed by atoms with van der Waals surface area (Å²) in [5.41, 5.74) is 1.18. The Balaban J connectivity index is 1.20. The SMILES string of the molecule is O=C(O)C1(C(=O)OCC(F)(F)F)CCN(Cc2ccc(-c3noc(-c4ccc(-c5ccccc5)c(F)c4)n3)cc2)CC1. The van der Waals surface area contributed by atoms with Crippen molar-refractivity contribution in [2.24, 2.45) is 5.41 Å². The first-order chi connectivity index (χ1) is 20.0. The number of alkyl halides is 3. The topological polar surface area (TPSA) is 106 Å². The summed E-state index contributed by atoms with van der Waals surface area (Å²) in [6, 6.07) is 21.1. The van der Waals surface area contributed by atoms with Gasteiger partial charge < -0.3 is 14.4 Å². The molecule has 0 saturated carbocycles. The molecule has 5 rings (SSSR count). The summed E-state index contributed by atoms with van der Waals surface area (Å²) in [7, 11) is 0. The molecule has 1 aliphatic heterocycles. The van der Waals surface area contributed by atoms with Crippen LogP contribution in [0.4, 0.5) is 17.6 Å². The van der Waals surface area contributed by atoms with Crippen molar-refractivity contribution in [2.45, 2.75) is 25.6 Å². The largest absolute Gasteiger partial charge is 0.480 e. The van der Waals surface area contributed by atoms with Crippen LogP contribution in [0.15, 0.2) is 77.3 Å². The summed E-state index contributed by atoms with van der Waals surface area (Å²) in [4.78, 5) is 30.4. The number of carboxylic acids is 1. The number of hydrogen-bond acceptors (Lipinski definition) is 7. The number of benzene rings is 3. The number of aromatic nitrogens is 2. The van der Waals surface area contributed by atoms with E-state index in [2.05, 4.69) is 14.9 Å². The molecule has 0 unspecified atom stereocenters. The summed E-state index contributed by atoms with van der Waals surface area (Å²) < 4.78 is 61.8. The molecule has 0 amide bonds. The first-order valence-electron chi connectivity index (χ1n) is 13.0. The Morgan fingerprint density at radius 2 is 1.62 bits per heavy atom. The van der Waals surface area contributed by atoms with Crippen molar-refractivity contribution in [1.29, 1.82) is 0 Å². The average molecular weight is 584 g/mol. The number of carbonyl (C=O) groups is 2. The summed E-state index contributed by atoms with van der Waals surface area (Å²) in [5, 5.41) is 13.6. The van der Waals surface area contributed by atoms with Gasteiger partial charge in [-0.25, -0.2) is 4.39 Å². The predicted molar refractivity (Wildman–Crippen MR) is 142 cm³/mol. The maximum atomic E-state index is 14.8. The van der Waals surface area contributed by atoms with Crippen LogP contribution in [0.3, 0.4) is 0 Å². The number of aliphatic carboxylic acids is 1. The van der Waals surface area contributed by atoms with Crippen molar-refractivity contribution in [3.8, 4) is 34.0 Å². The van der Waals surface area contributed by atoms with E-state index in [0.29, 0.717) is 29.1 Å². The number of piperidine rings is 1.